The molecule has 0 aliphatic rings. The molecule has 2 heterocycles. The Morgan fingerprint density at radius 1 is 0.324 bits per heavy atom. The Bertz CT molecular complexity index is 738. The van der Waals surface area contributed by atoms with E-state index in [2.05, 4.69) is 89.5 Å². The molecule has 0 saturated heterocycles. The molecule has 0 saturated carbocycles. The first kappa shape index (κ1) is 30.0. The van der Waals surface area contributed by atoms with Gasteiger partial charge in [0.25, 0.3) is 0 Å². The van der Waals surface area contributed by atoms with Crippen LogP contribution >= 0.6 is 0 Å². The topological polar surface area (TPSA) is 150 Å². The maximum absolute atomic E-state index is 4.53. The third kappa shape index (κ3) is 13.1. The van der Waals surface area contributed by atoms with Crippen molar-refractivity contribution in [1.29, 1.82) is 0 Å². The quantitative estimate of drug-likeness (QED) is 0.119. The molecule has 0 spiro atoms. The van der Waals surface area contributed by atoms with Crippen LogP contribution in [0.2, 0.25) is 0 Å². The molecule has 12 nitrogen and oxygen atoms in total. The van der Waals surface area contributed by atoms with Gasteiger partial charge in [-0.2, -0.15) is 29.9 Å². The number of hydrogen-bond donors (Lipinski definition) is 6. The summed E-state index contributed by atoms with van der Waals surface area (Å²) in [7, 11) is 0. The summed E-state index contributed by atoms with van der Waals surface area (Å²) in [5.41, 5.74) is 0. The largest absolute Gasteiger partial charge is 0.354 e. The van der Waals surface area contributed by atoms with Crippen molar-refractivity contribution in [3.05, 3.63) is 0 Å². The monoisotopic (exact) mass is 516 g/mol. The van der Waals surface area contributed by atoms with Gasteiger partial charge in [0, 0.05) is 39.3 Å². The van der Waals surface area contributed by atoms with Gasteiger partial charge in [0.05, 0.1) is 0 Å². The number of rotatable bonds is 22. The predicted octanol–water partition coefficient (Wildman–Crippen LogP) is 4.82. The van der Waals surface area contributed by atoms with Crippen molar-refractivity contribution in [2.45, 2.75) is 85.5 Å². The summed E-state index contributed by atoms with van der Waals surface area (Å²) in [6, 6.07) is 0. The molecule has 2 rings (SSSR count). The number of unbranched alkanes of at least 4 members (excludes halogenated alkanes) is 4. The van der Waals surface area contributed by atoms with Gasteiger partial charge in [-0.1, -0.05) is 53.4 Å². The molecule has 0 aliphatic carbocycles. The van der Waals surface area contributed by atoms with Crippen LogP contribution in [0, 0.1) is 0 Å². The lowest BCUT2D eigenvalue weighted by molar-refractivity contribution is 0.811. The Kier molecular flexibility index (Phi) is 15.4. The minimum Gasteiger partial charge on any atom is -0.354 e. The van der Waals surface area contributed by atoms with Crippen LogP contribution in [0.3, 0.4) is 0 Å². The molecule has 0 aliphatic heterocycles. The first-order valence-corrected chi connectivity index (χ1v) is 14.1. The Morgan fingerprint density at radius 3 is 0.703 bits per heavy atom. The van der Waals surface area contributed by atoms with Crippen LogP contribution in [0.25, 0.3) is 0 Å². The Hall–Kier alpha value is -3.18. The molecule has 2 aromatic heterocycles. The van der Waals surface area contributed by atoms with E-state index in [-0.39, 0.29) is 0 Å². The van der Waals surface area contributed by atoms with Gasteiger partial charge in [0.2, 0.25) is 35.7 Å². The lowest BCUT2D eigenvalue weighted by atomic mass is 10.3. The van der Waals surface area contributed by atoms with Crippen LogP contribution in [0.4, 0.5) is 35.7 Å². The molecule has 0 bridgehead atoms. The SMILES string of the molecule is CCCCNc1nc(NCCCC)nc(NCCCNc2nc(NCCCC)nc(NCCCC)n2)n1. The molecular weight excluding hydrogens is 468 g/mol. The highest BCUT2D eigenvalue weighted by atomic mass is 15.3. The van der Waals surface area contributed by atoms with Gasteiger partial charge in [-0.05, 0) is 32.1 Å². The molecule has 0 atom stereocenters. The van der Waals surface area contributed by atoms with Crippen LogP contribution < -0.4 is 31.9 Å². The highest BCUT2D eigenvalue weighted by Crippen LogP contribution is 2.12. The van der Waals surface area contributed by atoms with E-state index in [1.165, 1.54) is 0 Å². The number of nitrogens with one attached hydrogen (secondary N) is 6. The van der Waals surface area contributed by atoms with E-state index < -0.39 is 0 Å². The summed E-state index contributed by atoms with van der Waals surface area (Å²) in [5, 5.41) is 19.8. The van der Waals surface area contributed by atoms with Crippen molar-refractivity contribution >= 4 is 35.7 Å². The standard InChI is InChI=1S/C25H48N12/c1-5-9-14-26-20-32-21(27-15-10-6-2)35-24(34-20)30-18-13-19-31-25-36-22(28-16-11-7-3)33-23(37-25)29-17-12-8-4/h5-19H2,1-4H3,(H3,26,27,30,32,34,35)(H3,28,29,31,33,36,37). The Labute approximate surface area is 222 Å². The average molecular weight is 517 g/mol. The van der Waals surface area contributed by atoms with E-state index >= 15 is 0 Å². The van der Waals surface area contributed by atoms with Crippen molar-refractivity contribution in [1.82, 2.24) is 29.9 Å². The molecule has 0 amide bonds. The first-order valence-electron chi connectivity index (χ1n) is 14.1. The van der Waals surface area contributed by atoms with Gasteiger partial charge in [-0.3, -0.25) is 0 Å². The highest BCUT2D eigenvalue weighted by molar-refractivity contribution is 5.43. The fourth-order valence-corrected chi connectivity index (χ4v) is 3.22. The second-order valence-electron chi connectivity index (χ2n) is 8.94. The molecule has 208 valence electrons. The smallest absolute Gasteiger partial charge is 0.229 e. The first-order chi connectivity index (χ1) is 18.2. The zero-order valence-electron chi connectivity index (χ0n) is 23.3. The summed E-state index contributed by atoms with van der Waals surface area (Å²) < 4.78 is 0. The van der Waals surface area contributed by atoms with E-state index in [1.54, 1.807) is 0 Å². The number of nitrogens with zero attached hydrogens (tertiary/aromatic N) is 6. The molecular formula is C25H48N12. The molecule has 6 N–H and O–H groups in total. The Morgan fingerprint density at radius 2 is 0.514 bits per heavy atom. The number of aromatic nitrogens is 6. The molecule has 0 aromatic carbocycles. The van der Waals surface area contributed by atoms with Gasteiger partial charge >= 0.3 is 0 Å². The van der Waals surface area contributed by atoms with Gasteiger partial charge in [-0.25, -0.2) is 0 Å². The minimum atomic E-state index is 0.568. The summed E-state index contributed by atoms with van der Waals surface area (Å²) in [4.78, 5) is 27.1. The van der Waals surface area contributed by atoms with Crippen LogP contribution in [0.15, 0.2) is 0 Å². The van der Waals surface area contributed by atoms with E-state index in [0.29, 0.717) is 48.8 Å². The van der Waals surface area contributed by atoms with Crippen molar-refractivity contribution < 1.29 is 0 Å². The van der Waals surface area contributed by atoms with Crippen LogP contribution in [-0.2, 0) is 0 Å². The maximum Gasteiger partial charge on any atom is 0.229 e. The lowest BCUT2D eigenvalue weighted by Crippen LogP contribution is -2.17. The molecule has 2 aromatic rings. The van der Waals surface area contributed by atoms with Gasteiger partial charge in [0.1, 0.15) is 0 Å². The fraction of sp³-hybridized carbons (Fsp3) is 0.760. The summed E-state index contributed by atoms with van der Waals surface area (Å²) in [6.07, 6.45) is 9.59. The average Bonchev–Trinajstić information content (AvgIpc) is 2.89. The molecule has 0 unspecified atom stereocenters. The van der Waals surface area contributed by atoms with Crippen molar-refractivity contribution in [2.75, 3.05) is 71.2 Å². The van der Waals surface area contributed by atoms with Crippen molar-refractivity contribution in [3.63, 3.8) is 0 Å². The van der Waals surface area contributed by atoms with E-state index in [9.17, 15) is 0 Å². The van der Waals surface area contributed by atoms with Crippen LogP contribution in [0.1, 0.15) is 85.5 Å². The van der Waals surface area contributed by atoms with Gasteiger partial charge < -0.3 is 31.9 Å². The molecule has 0 radical (unpaired) electrons. The molecule has 37 heavy (non-hydrogen) atoms. The third-order valence-electron chi connectivity index (χ3n) is 5.44. The van der Waals surface area contributed by atoms with Gasteiger partial charge in [0.15, 0.2) is 0 Å². The zero-order valence-corrected chi connectivity index (χ0v) is 23.3. The Balaban J connectivity index is 1.89. The number of anilines is 6. The lowest BCUT2D eigenvalue weighted by Gasteiger charge is -2.12. The van der Waals surface area contributed by atoms with Gasteiger partial charge in [-0.15, -0.1) is 0 Å². The second kappa shape index (κ2) is 19.0. The van der Waals surface area contributed by atoms with Crippen molar-refractivity contribution in [3.8, 4) is 0 Å². The fourth-order valence-electron chi connectivity index (χ4n) is 3.22. The second-order valence-corrected chi connectivity index (χ2v) is 8.94. The number of hydrogen-bond acceptors (Lipinski definition) is 12. The summed E-state index contributed by atoms with van der Waals surface area (Å²) in [5.74, 6) is 3.52. The van der Waals surface area contributed by atoms with E-state index in [0.717, 1.165) is 84.0 Å². The molecule has 12 heteroatoms. The maximum atomic E-state index is 4.53. The van der Waals surface area contributed by atoms with Crippen LogP contribution in [0.5, 0.6) is 0 Å². The zero-order chi connectivity index (χ0) is 26.6. The van der Waals surface area contributed by atoms with Crippen molar-refractivity contribution in [2.24, 2.45) is 0 Å². The summed E-state index contributed by atoms with van der Waals surface area (Å²) >= 11 is 0. The molecule has 0 fully saturated rings. The summed E-state index contributed by atoms with van der Waals surface area (Å²) in [6.45, 7) is 13.4. The normalized spacial score (nSPS) is 10.7. The third-order valence-corrected chi connectivity index (χ3v) is 5.44. The van der Waals surface area contributed by atoms with E-state index in [4.69, 9.17) is 0 Å². The van der Waals surface area contributed by atoms with E-state index in [1.807, 2.05) is 0 Å². The predicted molar refractivity (Wildman–Crippen MR) is 155 cm³/mol. The minimum absolute atomic E-state index is 0.568. The van der Waals surface area contributed by atoms with Crippen LogP contribution in [-0.4, -0.2) is 69.2 Å². The highest BCUT2D eigenvalue weighted by Gasteiger charge is 2.08.